The minimum Gasteiger partial charge on any atom is -0.343 e. The summed E-state index contributed by atoms with van der Waals surface area (Å²) in [5.41, 5.74) is 6.08. The molecule has 0 spiro atoms. The molecule has 0 unspecified atom stereocenters. The molecule has 2 N–H and O–H groups in total. The van der Waals surface area contributed by atoms with Gasteiger partial charge in [-0.2, -0.15) is 0 Å². The van der Waals surface area contributed by atoms with E-state index in [-0.39, 0.29) is 5.41 Å². The van der Waals surface area contributed by atoms with Gasteiger partial charge in [-0.05, 0) is 37.6 Å². The van der Waals surface area contributed by atoms with Gasteiger partial charge in [-0.3, -0.25) is 4.79 Å². The van der Waals surface area contributed by atoms with Crippen molar-refractivity contribution in [2.45, 2.75) is 70.3 Å². The van der Waals surface area contributed by atoms with Crippen LogP contribution in [0.4, 0.5) is 0 Å². The average Bonchev–Trinajstić information content (AvgIpc) is 2.92. The number of hydrogen-bond donors (Lipinski definition) is 1. The summed E-state index contributed by atoms with van der Waals surface area (Å²) in [4.78, 5) is 14.4. The van der Waals surface area contributed by atoms with Crippen molar-refractivity contribution >= 4 is 5.91 Å². The fraction of sp³-hybridized carbons (Fsp3) is 0.933. The van der Waals surface area contributed by atoms with Crippen LogP contribution in [0, 0.1) is 5.41 Å². The predicted octanol–water partition coefficient (Wildman–Crippen LogP) is 2.69. The quantitative estimate of drug-likeness (QED) is 0.836. The van der Waals surface area contributed by atoms with Crippen LogP contribution in [-0.4, -0.2) is 30.4 Å². The van der Waals surface area contributed by atoms with Crippen molar-refractivity contribution in [1.29, 1.82) is 0 Å². The number of nitrogens with two attached hydrogens (primary N) is 1. The van der Waals surface area contributed by atoms with E-state index in [2.05, 4.69) is 0 Å². The number of carbonyl (C=O) groups is 1. The summed E-state index contributed by atoms with van der Waals surface area (Å²) in [6, 6.07) is 0.496. The third-order valence-corrected chi connectivity index (χ3v) is 5.14. The van der Waals surface area contributed by atoms with Crippen LogP contribution in [0.3, 0.4) is 0 Å². The SMILES string of the molecule is CN(C(=O)CC1(CN)CCCCC1)C1CCCC1. The molecular weight excluding hydrogens is 224 g/mol. The highest BCUT2D eigenvalue weighted by Gasteiger charge is 2.35. The summed E-state index contributed by atoms with van der Waals surface area (Å²) in [5, 5.41) is 0. The number of amides is 1. The molecule has 104 valence electrons. The van der Waals surface area contributed by atoms with Crippen molar-refractivity contribution in [1.82, 2.24) is 4.90 Å². The molecule has 2 aliphatic carbocycles. The number of nitrogens with zero attached hydrogens (tertiary/aromatic N) is 1. The highest BCUT2D eigenvalue weighted by molar-refractivity contribution is 5.77. The monoisotopic (exact) mass is 252 g/mol. The molecule has 0 aromatic carbocycles. The Bertz CT molecular complexity index is 278. The fourth-order valence-corrected chi connectivity index (χ4v) is 3.70. The van der Waals surface area contributed by atoms with Gasteiger partial charge in [-0.1, -0.05) is 32.1 Å². The van der Waals surface area contributed by atoms with Crippen LogP contribution in [0.2, 0.25) is 0 Å². The van der Waals surface area contributed by atoms with Crippen LogP contribution in [0.5, 0.6) is 0 Å². The molecular formula is C15H28N2O. The first-order valence-corrected chi connectivity index (χ1v) is 7.63. The zero-order valence-electron chi connectivity index (χ0n) is 11.8. The topological polar surface area (TPSA) is 46.3 Å². The number of rotatable bonds is 4. The highest BCUT2D eigenvalue weighted by atomic mass is 16.2. The normalized spacial score (nSPS) is 24.1. The van der Waals surface area contributed by atoms with Gasteiger partial charge in [0.15, 0.2) is 0 Å². The maximum absolute atomic E-state index is 12.4. The third-order valence-electron chi connectivity index (χ3n) is 5.14. The molecule has 0 atom stereocenters. The molecule has 2 aliphatic rings. The summed E-state index contributed by atoms with van der Waals surface area (Å²) in [6.45, 7) is 0.678. The lowest BCUT2D eigenvalue weighted by Gasteiger charge is -2.37. The zero-order valence-corrected chi connectivity index (χ0v) is 11.8. The summed E-state index contributed by atoms with van der Waals surface area (Å²) in [6.07, 6.45) is 11.7. The van der Waals surface area contributed by atoms with Gasteiger partial charge in [0, 0.05) is 19.5 Å². The van der Waals surface area contributed by atoms with Gasteiger partial charge in [0.2, 0.25) is 5.91 Å². The Morgan fingerprint density at radius 1 is 1.17 bits per heavy atom. The van der Waals surface area contributed by atoms with E-state index < -0.39 is 0 Å². The van der Waals surface area contributed by atoms with E-state index in [4.69, 9.17) is 5.73 Å². The molecule has 2 fully saturated rings. The molecule has 0 heterocycles. The lowest BCUT2D eigenvalue weighted by molar-refractivity contribution is -0.134. The molecule has 0 bridgehead atoms. The molecule has 0 aliphatic heterocycles. The van der Waals surface area contributed by atoms with E-state index in [1.807, 2.05) is 11.9 Å². The number of carbonyl (C=O) groups excluding carboxylic acids is 1. The van der Waals surface area contributed by atoms with Crippen LogP contribution in [0.1, 0.15) is 64.2 Å². The summed E-state index contributed by atoms with van der Waals surface area (Å²) in [7, 11) is 1.99. The van der Waals surface area contributed by atoms with Crippen molar-refractivity contribution < 1.29 is 4.79 Å². The first-order valence-electron chi connectivity index (χ1n) is 7.63. The summed E-state index contributed by atoms with van der Waals surface area (Å²) < 4.78 is 0. The van der Waals surface area contributed by atoms with Gasteiger partial charge in [-0.25, -0.2) is 0 Å². The standard InChI is InChI=1S/C15H28N2O/c1-17(13-7-3-4-8-13)14(18)11-15(12-16)9-5-2-6-10-15/h13H,2-12,16H2,1H3. The third kappa shape index (κ3) is 3.05. The molecule has 0 aromatic rings. The lowest BCUT2D eigenvalue weighted by atomic mass is 9.71. The first-order chi connectivity index (χ1) is 8.67. The van der Waals surface area contributed by atoms with Crippen molar-refractivity contribution in [3.63, 3.8) is 0 Å². The van der Waals surface area contributed by atoms with Crippen LogP contribution >= 0.6 is 0 Å². The second-order valence-corrected chi connectivity index (χ2v) is 6.38. The Labute approximate surface area is 111 Å². The average molecular weight is 252 g/mol. The Morgan fingerprint density at radius 3 is 2.33 bits per heavy atom. The van der Waals surface area contributed by atoms with Crippen molar-refractivity contribution in [2.24, 2.45) is 11.1 Å². The molecule has 3 heteroatoms. The Morgan fingerprint density at radius 2 is 1.78 bits per heavy atom. The van der Waals surface area contributed by atoms with Crippen LogP contribution in [-0.2, 0) is 4.79 Å². The van der Waals surface area contributed by atoms with E-state index in [0.29, 0.717) is 24.9 Å². The maximum atomic E-state index is 12.4. The van der Waals surface area contributed by atoms with E-state index in [1.54, 1.807) is 0 Å². The van der Waals surface area contributed by atoms with Gasteiger partial charge in [0.1, 0.15) is 0 Å². The molecule has 3 nitrogen and oxygen atoms in total. The molecule has 0 radical (unpaired) electrons. The highest BCUT2D eigenvalue weighted by Crippen LogP contribution is 2.39. The Balaban J connectivity index is 1.91. The summed E-state index contributed by atoms with van der Waals surface area (Å²) >= 11 is 0. The van der Waals surface area contributed by atoms with E-state index >= 15 is 0 Å². The van der Waals surface area contributed by atoms with Gasteiger partial charge < -0.3 is 10.6 Å². The largest absolute Gasteiger partial charge is 0.343 e. The van der Waals surface area contributed by atoms with E-state index in [9.17, 15) is 4.79 Å². The van der Waals surface area contributed by atoms with Gasteiger partial charge >= 0.3 is 0 Å². The molecule has 0 aromatic heterocycles. The Kier molecular flexibility index (Phi) is 4.66. The Hall–Kier alpha value is -0.570. The van der Waals surface area contributed by atoms with Crippen molar-refractivity contribution in [3.05, 3.63) is 0 Å². The smallest absolute Gasteiger partial charge is 0.223 e. The van der Waals surface area contributed by atoms with Gasteiger partial charge in [0.25, 0.3) is 0 Å². The van der Waals surface area contributed by atoms with Crippen molar-refractivity contribution in [2.75, 3.05) is 13.6 Å². The van der Waals surface area contributed by atoms with Crippen LogP contribution in [0.15, 0.2) is 0 Å². The molecule has 1 amide bonds. The molecule has 2 rings (SSSR count). The summed E-state index contributed by atoms with van der Waals surface area (Å²) in [5.74, 6) is 0.328. The van der Waals surface area contributed by atoms with E-state index in [1.165, 1.54) is 44.9 Å². The molecule has 0 saturated heterocycles. The van der Waals surface area contributed by atoms with Crippen LogP contribution in [0.25, 0.3) is 0 Å². The van der Waals surface area contributed by atoms with Crippen LogP contribution < -0.4 is 5.73 Å². The minimum atomic E-state index is 0.113. The second kappa shape index (κ2) is 6.05. The maximum Gasteiger partial charge on any atom is 0.223 e. The van der Waals surface area contributed by atoms with E-state index in [0.717, 1.165) is 12.8 Å². The number of hydrogen-bond acceptors (Lipinski definition) is 2. The zero-order chi connectivity index (χ0) is 13.0. The minimum absolute atomic E-state index is 0.113. The lowest BCUT2D eigenvalue weighted by Crippen LogP contribution is -2.42. The molecule has 18 heavy (non-hydrogen) atoms. The fourth-order valence-electron chi connectivity index (χ4n) is 3.70. The van der Waals surface area contributed by atoms with Gasteiger partial charge in [0.05, 0.1) is 0 Å². The van der Waals surface area contributed by atoms with Crippen molar-refractivity contribution in [3.8, 4) is 0 Å². The molecule has 2 saturated carbocycles. The van der Waals surface area contributed by atoms with Gasteiger partial charge in [-0.15, -0.1) is 0 Å². The second-order valence-electron chi connectivity index (χ2n) is 6.38. The first kappa shape index (κ1) is 13.9. The predicted molar refractivity (Wildman–Crippen MR) is 74.2 cm³/mol.